The molecular formula is C31H33N2O3+. The molecule has 1 N–H and O–H groups in total. The standard InChI is InChI=1S/C31H32N2O3/c1-2-16-33-19-31(33,20-33)21-36-26-11-8-22(9-12-26)28-27-13-10-25(34)17-24(27)18-30(14-15-30)32(28)29(35)23-6-4-3-5-7-23/h3-13,17,28H,2,14-16,18-21H2,1H3/p+1/t28-,31?,33?/m1/s1. The lowest BCUT2D eigenvalue weighted by Crippen LogP contribution is -2.49. The predicted molar refractivity (Wildman–Crippen MR) is 138 cm³/mol. The molecule has 0 bridgehead atoms. The molecule has 0 unspecified atom stereocenters. The number of hydrogen-bond acceptors (Lipinski definition) is 3. The van der Waals surface area contributed by atoms with E-state index in [1.807, 2.05) is 42.5 Å². The molecule has 5 heteroatoms. The van der Waals surface area contributed by atoms with Gasteiger partial charge in [0.15, 0.2) is 6.61 Å². The Hall–Kier alpha value is -3.31. The molecule has 1 spiro atoms. The Labute approximate surface area is 212 Å². The average Bonchev–Trinajstić information content (AvgIpc) is 3.82. The van der Waals surface area contributed by atoms with Crippen molar-refractivity contribution in [2.45, 2.75) is 49.7 Å². The summed E-state index contributed by atoms with van der Waals surface area (Å²) in [5.74, 6) is 1.25. The SMILES string of the molecule is CCC[N+]12CC1(COc1ccc([C@@H]3c4ccc(O)cc4CC4(CC4)N3C(=O)c3ccccc3)cc1)C2. The number of ether oxygens (including phenoxy) is 1. The van der Waals surface area contributed by atoms with E-state index in [0.29, 0.717) is 5.54 Å². The van der Waals surface area contributed by atoms with Crippen molar-refractivity contribution in [1.29, 1.82) is 0 Å². The van der Waals surface area contributed by atoms with E-state index in [1.165, 1.54) is 30.5 Å². The van der Waals surface area contributed by atoms with E-state index in [0.717, 1.165) is 53.9 Å². The molecule has 184 valence electrons. The Kier molecular flexibility index (Phi) is 4.63. The monoisotopic (exact) mass is 481 g/mol. The minimum absolute atomic E-state index is 0.0729. The number of rotatable bonds is 7. The Morgan fingerprint density at radius 2 is 1.81 bits per heavy atom. The van der Waals surface area contributed by atoms with Gasteiger partial charge in [0, 0.05) is 11.1 Å². The summed E-state index contributed by atoms with van der Waals surface area (Å²) < 4.78 is 7.50. The highest BCUT2D eigenvalue weighted by Gasteiger charge is 2.88. The molecule has 3 aliphatic heterocycles. The van der Waals surface area contributed by atoms with Crippen LogP contribution in [0.4, 0.5) is 0 Å². The van der Waals surface area contributed by atoms with Gasteiger partial charge in [-0.25, -0.2) is 0 Å². The number of aromatic hydroxyl groups is 1. The molecule has 5 nitrogen and oxygen atoms in total. The quantitative estimate of drug-likeness (QED) is 0.378. The van der Waals surface area contributed by atoms with Gasteiger partial charge < -0.3 is 14.7 Å². The lowest BCUT2D eigenvalue weighted by molar-refractivity contribution is -0.709. The minimum atomic E-state index is -0.196. The molecule has 3 fully saturated rings. The fourth-order valence-electron chi connectivity index (χ4n) is 6.83. The molecule has 0 radical (unpaired) electrons. The molecule has 36 heavy (non-hydrogen) atoms. The van der Waals surface area contributed by atoms with E-state index in [9.17, 15) is 9.90 Å². The summed E-state index contributed by atoms with van der Waals surface area (Å²) in [5.41, 5.74) is 4.23. The van der Waals surface area contributed by atoms with Crippen molar-refractivity contribution in [2.24, 2.45) is 0 Å². The second kappa shape index (κ2) is 7.59. The second-order valence-electron chi connectivity index (χ2n) is 11.5. The maximum Gasteiger partial charge on any atom is 0.255 e. The summed E-state index contributed by atoms with van der Waals surface area (Å²) in [4.78, 5) is 16.1. The lowest BCUT2D eigenvalue weighted by atomic mass is 9.82. The summed E-state index contributed by atoms with van der Waals surface area (Å²) >= 11 is 0. The van der Waals surface area contributed by atoms with Crippen molar-refractivity contribution in [3.8, 4) is 11.5 Å². The number of benzene rings is 3. The van der Waals surface area contributed by atoms with E-state index in [1.54, 1.807) is 6.07 Å². The highest BCUT2D eigenvalue weighted by atomic mass is 16.5. The number of fused-ring (bicyclic) bond motifs is 2. The zero-order chi connectivity index (χ0) is 24.5. The third-order valence-electron chi connectivity index (χ3n) is 9.12. The van der Waals surface area contributed by atoms with E-state index >= 15 is 0 Å². The second-order valence-corrected chi connectivity index (χ2v) is 11.5. The van der Waals surface area contributed by atoms with Crippen LogP contribution in [0, 0.1) is 0 Å². The van der Waals surface area contributed by atoms with E-state index in [4.69, 9.17) is 4.74 Å². The summed E-state index contributed by atoms with van der Waals surface area (Å²) in [7, 11) is 0. The first-order chi connectivity index (χ1) is 17.5. The highest BCUT2D eigenvalue weighted by molar-refractivity contribution is 5.96. The Morgan fingerprint density at radius 1 is 1.06 bits per heavy atom. The molecule has 1 amide bonds. The van der Waals surface area contributed by atoms with Crippen molar-refractivity contribution < 1.29 is 19.1 Å². The maximum absolute atomic E-state index is 13.9. The number of carbonyl (C=O) groups excluding carboxylic acids is 1. The van der Waals surface area contributed by atoms with Crippen LogP contribution in [-0.4, -0.2) is 57.7 Å². The largest absolute Gasteiger partial charge is 0.508 e. The van der Waals surface area contributed by atoms with Gasteiger partial charge in [0.25, 0.3) is 5.91 Å². The predicted octanol–water partition coefficient (Wildman–Crippen LogP) is 5.08. The van der Waals surface area contributed by atoms with Crippen LogP contribution >= 0.6 is 0 Å². The summed E-state index contributed by atoms with van der Waals surface area (Å²) in [5, 5.41) is 10.2. The number of nitrogens with zero attached hydrogens (tertiary/aromatic N) is 2. The highest BCUT2D eigenvalue weighted by Crippen LogP contribution is 2.60. The van der Waals surface area contributed by atoms with Crippen LogP contribution in [0.1, 0.15) is 59.3 Å². The Balaban J connectivity index is 1.20. The van der Waals surface area contributed by atoms with Gasteiger partial charge in [0.2, 0.25) is 5.54 Å². The van der Waals surface area contributed by atoms with E-state index in [2.05, 4.69) is 36.1 Å². The molecule has 0 aromatic heterocycles. The first-order valence-corrected chi connectivity index (χ1v) is 13.3. The Morgan fingerprint density at radius 3 is 2.50 bits per heavy atom. The van der Waals surface area contributed by atoms with Crippen LogP contribution in [0.5, 0.6) is 11.5 Å². The van der Waals surface area contributed by atoms with Gasteiger partial charge in [0.1, 0.15) is 24.6 Å². The zero-order valence-electron chi connectivity index (χ0n) is 20.8. The van der Waals surface area contributed by atoms with Crippen LogP contribution in [0.2, 0.25) is 0 Å². The van der Waals surface area contributed by atoms with Crippen molar-refractivity contribution in [1.82, 2.24) is 4.90 Å². The van der Waals surface area contributed by atoms with Crippen molar-refractivity contribution in [3.63, 3.8) is 0 Å². The fourth-order valence-corrected chi connectivity index (χ4v) is 6.83. The zero-order valence-corrected chi connectivity index (χ0v) is 20.8. The molecule has 2 saturated heterocycles. The van der Waals surface area contributed by atoms with Gasteiger partial charge in [-0.1, -0.05) is 43.3 Å². The molecule has 3 heterocycles. The number of phenols is 1. The number of amides is 1. The summed E-state index contributed by atoms with van der Waals surface area (Å²) in [6, 6.07) is 23.4. The molecule has 3 aromatic carbocycles. The number of phenolic OH excluding ortho intramolecular Hbond substituents is 1. The topological polar surface area (TPSA) is 49.8 Å². The average molecular weight is 482 g/mol. The molecule has 3 aromatic rings. The smallest absolute Gasteiger partial charge is 0.255 e. The van der Waals surface area contributed by atoms with Crippen molar-refractivity contribution in [2.75, 3.05) is 26.2 Å². The van der Waals surface area contributed by atoms with Crippen LogP contribution < -0.4 is 4.74 Å². The molecule has 1 atom stereocenters. The van der Waals surface area contributed by atoms with Gasteiger partial charge in [-0.15, -0.1) is 0 Å². The molecular weight excluding hydrogens is 448 g/mol. The molecule has 1 saturated carbocycles. The minimum Gasteiger partial charge on any atom is -0.508 e. The summed E-state index contributed by atoms with van der Waals surface area (Å²) in [6.07, 6.45) is 3.99. The fraction of sp³-hybridized carbons (Fsp3) is 0.387. The molecule has 4 aliphatic rings. The van der Waals surface area contributed by atoms with Crippen LogP contribution in [0.3, 0.4) is 0 Å². The van der Waals surface area contributed by atoms with Crippen molar-refractivity contribution in [3.05, 3.63) is 95.1 Å². The third-order valence-corrected chi connectivity index (χ3v) is 9.12. The third kappa shape index (κ3) is 3.29. The number of quaternary nitrogens is 1. The van der Waals surface area contributed by atoms with Gasteiger partial charge in [0.05, 0.1) is 12.6 Å². The van der Waals surface area contributed by atoms with Crippen LogP contribution in [-0.2, 0) is 6.42 Å². The van der Waals surface area contributed by atoms with Crippen LogP contribution in [0.15, 0.2) is 72.8 Å². The first kappa shape index (κ1) is 21.9. The molecule has 7 rings (SSSR count). The Bertz CT molecular complexity index is 1320. The first-order valence-electron chi connectivity index (χ1n) is 13.3. The maximum atomic E-state index is 13.9. The van der Waals surface area contributed by atoms with Gasteiger partial charge >= 0.3 is 0 Å². The van der Waals surface area contributed by atoms with Crippen molar-refractivity contribution >= 4 is 5.91 Å². The normalized spacial score (nSPS) is 28.2. The van der Waals surface area contributed by atoms with Gasteiger partial charge in [-0.2, -0.15) is 0 Å². The van der Waals surface area contributed by atoms with E-state index < -0.39 is 0 Å². The molecule has 1 aliphatic carbocycles. The number of carbonyl (C=O) groups is 1. The van der Waals surface area contributed by atoms with Crippen LogP contribution in [0.25, 0.3) is 0 Å². The lowest BCUT2D eigenvalue weighted by Gasteiger charge is -2.44. The summed E-state index contributed by atoms with van der Waals surface area (Å²) in [6.45, 7) is 6.86. The van der Waals surface area contributed by atoms with Gasteiger partial charge in [-0.3, -0.25) is 9.28 Å². The van der Waals surface area contributed by atoms with E-state index in [-0.39, 0.29) is 23.2 Å². The number of hydrogen-bond donors (Lipinski definition) is 1. The van der Waals surface area contributed by atoms with Gasteiger partial charge in [-0.05, 0) is 78.8 Å².